The van der Waals surface area contributed by atoms with Gasteiger partial charge in [-0.05, 0) is 20.8 Å². The van der Waals surface area contributed by atoms with Crippen molar-refractivity contribution >= 4 is 23.6 Å². The van der Waals surface area contributed by atoms with E-state index in [1.807, 2.05) is 0 Å². The van der Waals surface area contributed by atoms with Crippen molar-refractivity contribution in [3.8, 4) is 0 Å². The SMILES string of the molecule is CC1=C(C(=O)O)N2C(=O)C(C(C)(C)O)[C@H]2S1. The number of aliphatic hydroxyl groups is 1. The van der Waals surface area contributed by atoms with E-state index in [0.717, 1.165) is 0 Å². The molecule has 0 spiro atoms. The fourth-order valence-electron chi connectivity index (χ4n) is 2.13. The van der Waals surface area contributed by atoms with Gasteiger partial charge in [-0.25, -0.2) is 4.79 Å². The number of allylic oxidation sites excluding steroid dienone is 1. The Bertz CT molecular complexity index is 410. The van der Waals surface area contributed by atoms with Gasteiger partial charge in [-0.2, -0.15) is 0 Å². The van der Waals surface area contributed by atoms with E-state index >= 15 is 0 Å². The zero-order valence-electron chi connectivity index (χ0n) is 9.22. The Morgan fingerprint density at radius 1 is 1.50 bits per heavy atom. The molecule has 6 heteroatoms. The molecule has 1 fully saturated rings. The van der Waals surface area contributed by atoms with E-state index in [9.17, 15) is 14.7 Å². The van der Waals surface area contributed by atoms with Crippen molar-refractivity contribution in [2.45, 2.75) is 31.7 Å². The van der Waals surface area contributed by atoms with Crippen LogP contribution in [0.3, 0.4) is 0 Å². The van der Waals surface area contributed by atoms with Crippen molar-refractivity contribution < 1.29 is 19.8 Å². The molecule has 16 heavy (non-hydrogen) atoms. The molecule has 0 saturated carbocycles. The zero-order valence-corrected chi connectivity index (χ0v) is 10.0. The summed E-state index contributed by atoms with van der Waals surface area (Å²) >= 11 is 1.33. The van der Waals surface area contributed by atoms with Gasteiger partial charge in [-0.1, -0.05) is 0 Å². The zero-order chi connectivity index (χ0) is 12.2. The topological polar surface area (TPSA) is 77.8 Å². The van der Waals surface area contributed by atoms with Crippen LogP contribution >= 0.6 is 11.8 Å². The van der Waals surface area contributed by atoms with Crippen LogP contribution in [-0.2, 0) is 9.59 Å². The van der Waals surface area contributed by atoms with Gasteiger partial charge in [0.05, 0.1) is 11.5 Å². The number of β-lactam (4-membered cyclic amide) rings is 1. The quantitative estimate of drug-likeness (QED) is 0.695. The van der Waals surface area contributed by atoms with Crippen LogP contribution in [0.5, 0.6) is 0 Å². The van der Waals surface area contributed by atoms with Crippen molar-refractivity contribution in [3.05, 3.63) is 10.6 Å². The molecular weight excluding hydrogens is 230 g/mol. The first-order valence-corrected chi connectivity index (χ1v) is 5.79. The van der Waals surface area contributed by atoms with Crippen LogP contribution in [0.15, 0.2) is 10.6 Å². The van der Waals surface area contributed by atoms with Gasteiger partial charge in [0.15, 0.2) is 0 Å². The molecule has 2 heterocycles. The fourth-order valence-corrected chi connectivity index (χ4v) is 3.69. The summed E-state index contributed by atoms with van der Waals surface area (Å²) in [5, 5.41) is 18.6. The lowest BCUT2D eigenvalue weighted by molar-refractivity contribution is -0.163. The molecule has 2 N–H and O–H groups in total. The molecule has 0 aromatic rings. The second-order valence-electron chi connectivity index (χ2n) is 4.56. The minimum atomic E-state index is -1.11. The van der Waals surface area contributed by atoms with Gasteiger partial charge in [0.2, 0.25) is 5.91 Å². The van der Waals surface area contributed by atoms with Crippen molar-refractivity contribution in [2.24, 2.45) is 5.92 Å². The molecule has 1 unspecified atom stereocenters. The first-order chi connectivity index (χ1) is 7.25. The van der Waals surface area contributed by atoms with Gasteiger partial charge in [-0.15, -0.1) is 11.8 Å². The predicted octanol–water partition coefficient (Wildman–Crippen LogP) is 0.605. The number of carbonyl (C=O) groups is 2. The number of carboxylic acids is 1. The van der Waals surface area contributed by atoms with Crippen LogP contribution in [0.25, 0.3) is 0 Å². The normalized spacial score (nSPS) is 29.2. The molecule has 0 aliphatic carbocycles. The summed E-state index contributed by atoms with van der Waals surface area (Å²) < 4.78 is 0. The highest BCUT2D eigenvalue weighted by Gasteiger charge is 2.59. The molecule has 0 aromatic heterocycles. The Labute approximate surface area is 97.1 Å². The van der Waals surface area contributed by atoms with Crippen molar-refractivity contribution in [3.63, 3.8) is 0 Å². The number of nitrogens with zero attached hydrogens (tertiary/aromatic N) is 1. The number of hydrogen-bond donors (Lipinski definition) is 2. The van der Waals surface area contributed by atoms with Crippen molar-refractivity contribution in [1.82, 2.24) is 4.90 Å². The minimum absolute atomic E-state index is 0.0560. The third kappa shape index (κ3) is 1.36. The van der Waals surface area contributed by atoms with E-state index < -0.39 is 17.5 Å². The van der Waals surface area contributed by atoms with Crippen LogP contribution in [0, 0.1) is 5.92 Å². The summed E-state index contributed by atoms with van der Waals surface area (Å²) in [6.45, 7) is 4.82. The van der Waals surface area contributed by atoms with E-state index in [0.29, 0.717) is 4.91 Å². The highest BCUT2D eigenvalue weighted by molar-refractivity contribution is 8.04. The summed E-state index contributed by atoms with van der Waals surface area (Å²) in [6, 6.07) is 0. The molecule has 1 saturated heterocycles. The average molecular weight is 243 g/mol. The van der Waals surface area contributed by atoms with Gasteiger partial charge in [0.1, 0.15) is 11.1 Å². The van der Waals surface area contributed by atoms with Crippen LogP contribution in [0.1, 0.15) is 20.8 Å². The monoisotopic (exact) mass is 243 g/mol. The molecule has 0 radical (unpaired) electrons. The molecule has 2 aliphatic rings. The van der Waals surface area contributed by atoms with Crippen LogP contribution in [-0.4, -0.2) is 38.0 Å². The summed E-state index contributed by atoms with van der Waals surface area (Å²) in [6.07, 6.45) is 0. The standard InChI is InChI=1S/C10H13NO4S/c1-4-6(9(13)14)11-7(12)5(8(11)16-4)10(2,3)15/h5,8,15H,1-3H3,(H,13,14)/t5?,8-/m1/s1. The number of rotatable bonds is 2. The van der Waals surface area contributed by atoms with Gasteiger partial charge in [-0.3, -0.25) is 9.69 Å². The molecule has 5 nitrogen and oxygen atoms in total. The molecule has 2 atom stereocenters. The molecule has 2 aliphatic heterocycles. The van der Waals surface area contributed by atoms with E-state index in [1.54, 1.807) is 20.8 Å². The number of hydrogen-bond acceptors (Lipinski definition) is 4. The lowest BCUT2D eigenvalue weighted by Crippen LogP contribution is -2.64. The van der Waals surface area contributed by atoms with Gasteiger partial charge in [0.25, 0.3) is 0 Å². The first kappa shape index (κ1) is 11.5. The van der Waals surface area contributed by atoms with Crippen molar-refractivity contribution in [1.29, 1.82) is 0 Å². The number of thioether (sulfide) groups is 1. The Morgan fingerprint density at radius 2 is 2.06 bits per heavy atom. The highest BCUT2D eigenvalue weighted by Crippen LogP contribution is 2.51. The molecule has 0 aromatic carbocycles. The lowest BCUT2D eigenvalue weighted by Gasteiger charge is -2.47. The molecule has 0 bridgehead atoms. The van der Waals surface area contributed by atoms with Crippen molar-refractivity contribution in [2.75, 3.05) is 0 Å². The van der Waals surface area contributed by atoms with Crippen LogP contribution in [0.4, 0.5) is 0 Å². The second-order valence-corrected chi connectivity index (χ2v) is 5.89. The predicted molar refractivity (Wildman–Crippen MR) is 58.3 cm³/mol. The molecule has 2 rings (SSSR count). The maximum absolute atomic E-state index is 11.8. The maximum atomic E-state index is 11.8. The van der Waals surface area contributed by atoms with Gasteiger partial charge < -0.3 is 10.2 Å². The fraction of sp³-hybridized carbons (Fsp3) is 0.600. The molecule has 1 amide bonds. The summed E-state index contributed by atoms with van der Waals surface area (Å²) in [7, 11) is 0. The highest BCUT2D eigenvalue weighted by atomic mass is 32.2. The number of amides is 1. The second kappa shape index (κ2) is 3.24. The third-order valence-electron chi connectivity index (χ3n) is 2.88. The Kier molecular flexibility index (Phi) is 2.32. The number of carbonyl (C=O) groups excluding carboxylic acids is 1. The third-order valence-corrected chi connectivity index (χ3v) is 4.15. The summed E-state index contributed by atoms with van der Waals surface area (Å²) in [5.41, 5.74) is -1.06. The Hall–Kier alpha value is -1.01. The molecular formula is C10H13NO4S. The number of carboxylic acid groups (broad SMARTS) is 1. The Morgan fingerprint density at radius 3 is 2.50 bits per heavy atom. The van der Waals surface area contributed by atoms with E-state index in [4.69, 9.17) is 5.11 Å². The number of aliphatic carboxylic acids is 1. The largest absolute Gasteiger partial charge is 0.477 e. The summed E-state index contributed by atoms with van der Waals surface area (Å²) in [5.74, 6) is -1.92. The van der Waals surface area contributed by atoms with E-state index in [2.05, 4.69) is 0 Å². The lowest BCUT2D eigenvalue weighted by atomic mass is 9.82. The summed E-state index contributed by atoms with van der Waals surface area (Å²) in [4.78, 5) is 24.7. The maximum Gasteiger partial charge on any atom is 0.353 e. The van der Waals surface area contributed by atoms with Gasteiger partial charge >= 0.3 is 5.97 Å². The smallest absolute Gasteiger partial charge is 0.353 e. The van der Waals surface area contributed by atoms with Crippen LogP contribution < -0.4 is 0 Å². The van der Waals surface area contributed by atoms with Gasteiger partial charge in [0, 0.05) is 4.91 Å². The molecule has 88 valence electrons. The van der Waals surface area contributed by atoms with E-state index in [1.165, 1.54) is 16.7 Å². The average Bonchev–Trinajstić information content (AvgIpc) is 2.36. The minimum Gasteiger partial charge on any atom is -0.477 e. The number of fused-ring (bicyclic) bond motifs is 1. The van der Waals surface area contributed by atoms with E-state index in [-0.39, 0.29) is 17.0 Å². The first-order valence-electron chi connectivity index (χ1n) is 4.91. The van der Waals surface area contributed by atoms with Crippen LogP contribution in [0.2, 0.25) is 0 Å². The Balaban J connectivity index is 2.29.